The van der Waals surface area contributed by atoms with E-state index in [4.69, 9.17) is 4.74 Å². The standard InChI is InChI=1S/C21H22FN5O/c1-15-14-20(26-21(23-15)25-17-7-3-2-6-16(17)22)24-18-8-4-5-9-19(18)27-10-12-28-13-11-27/h2-9,14H,10-13H2,1H3,(H2,23,24,25,26). The molecule has 0 unspecified atom stereocenters. The lowest BCUT2D eigenvalue weighted by Crippen LogP contribution is -2.36. The SMILES string of the molecule is Cc1cc(Nc2ccccc2N2CCOCC2)nc(Nc2ccccc2F)n1. The molecule has 2 N–H and O–H groups in total. The van der Waals surface area contributed by atoms with Crippen LogP contribution in [0.3, 0.4) is 0 Å². The first-order chi connectivity index (χ1) is 13.7. The van der Waals surface area contributed by atoms with Gasteiger partial charge in [0.15, 0.2) is 0 Å². The van der Waals surface area contributed by atoms with Crippen molar-refractivity contribution in [1.29, 1.82) is 0 Å². The minimum absolute atomic E-state index is 0.341. The third-order valence-corrected chi connectivity index (χ3v) is 4.49. The maximum atomic E-state index is 13.9. The summed E-state index contributed by atoms with van der Waals surface area (Å²) in [6.45, 7) is 5.02. The zero-order valence-electron chi connectivity index (χ0n) is 15.7. The smallest absolute Gasteiger partial charge is 0.229 e. The van der Waals surface area contributed by atoms with Crippen LogP contribution in [0.25, 0.3) is 0 Å². The highest BCUT2D eigenvalue weighted by Crippen LogP contribution is 2.29. The number of aryl methyl sites for hydroxylation is 1. The molecule has 6 nitrogen and oxygen atoms in total. The molecule has 28 heavy (non-hydrogen) atoms. The van der Waals surface area contributed by atoms with Crippen molar-refractivity contribution in [2.24, 2.45) is 0 Å². The van der Waals surface area contributed by atoms with Gasteiger partial charge in [-0.2, -0.15) is 4.98 Å². The Bertz CT molecular complexity index is 959. The summed E-state index contributed by atoms with van der Waals surface area (Å²) in [6.07, 6.45) is 0. The predicted molar refractivity (Wildman–Crippen MR) is 109 cm³/mol. The van der Waals surface area contributed by atoms with E-state index < -0.39 is 0 Å². The minimum Gasteiger partial charge on any atom is -0.378 e. The quantitative estimate of drug-likeness (QED) is 0.691. The maximum Gasteiger partial charge on any atom is 0.229 e. The lowest BCUT2D eigenvalue weighted by molar-refractivity contribution is 0.123. The maximum absolute atomic E-state index is 13.9. The van der Waals surface area contributed by atoms with Crippen LogP contribution >= 0.6 is 0 Å². The molecule has 0 spiro atoms. The molecule has 0 amide bonds. The molecule has 3 aromatic rings. The van der Waals surface area contributed by atoms with E-state index in [0.717, 1.165) is 43.4 Å². The van der Waals surface area contributed by atoms with Gasteiger partial charge in [0.25, 0.3) is 0 Å². The Morgan fingerprint density at radius 3 is 2.43 bits per heavy atom. The van der Waals surface area contributed by atoms with E-state index in [1.54, 1.807) is 18.2 Å². The first-order valence-corrected chi connectivity index (χ1v) is 9.25. The van der Waals surface area contributed by atoms with Crippen LogP contribution in [-0.4, -0.2) is 36.3 Å². The van der Waals surface area contributed by atoms with E-state index in [9.17, 15) is 4.39 Å². The Morgan fingerprint density at radius 1 is 0.929 bits per heavy atom. The van der Waals surface area contributed by atoms with Crippen LogP contribution in [0.15, 0.2) is 54.6 Å². The van der Waals surface area contributed by atoms with Crippen LogP contribution in [0.4, 0.5) is 33.2 Å². The van der Waals surface area contributed by atoms with Crippen molar-refractivity contribution >= 4 is 28.8 Å². The highest BCUT2D eigenvalue weighted by Gasteiger charge is 2.15. The number of hydrogen-bond donors (Lipinski definition) is 2. The number of para-hydroxylation sites is 3. The van der Waals surface area contributed by atoms with Gasteiger partial charge in [-0.3, -0.25) is 0 Å². The van der Waals surface area contributed by atoms with Crippen molar-refractivity contribution in [1.82, 2.24) is 9.97 Å². The third kappa shape index (κ3) is 4.20. The van der Waals surface area contributed by atoms with Gasteiger partial charge in [0.05, 0.1) is 30.3 Å². The molecule has 0 aliphatic carbocycles. The first kappa shape index (κ1) is 18.2. The molecular formula is C21H22FN5O. The zero-order chi connectivity index (χ0) is 19.3. The number of nitrogens with zero attached hydrogens (tertiary/aromatic N) is 3. The van der Waals surface area contributed by atoms with Gasteiger partial charge in [0.1, 0.15) is 11.6 Å². The fraction of sp³-hybridized carbons (Fsp3) is 0.238. The number of nitrogens with one attached hydrogen (secondary N) is 2. The summed E-state index contributed by atoms with van der Waals surface area (Å²) in [7, 11) is 0. The number of halogens is 1. The molecule has 1 fully saturated rings. The molecule has 2 aromatic carbocycles. The second-order valence-corrected chi connectivity index (χ2v) is 6.56. The van der Waals surface area contributed by atoms with E-state index >= 15 is 0 Å². The Balaban J connectivity index is 1.59. The van der Waals surface area contributed by atoms with E-state index in [2.05, 4.69) is 31.6 Å². The molecule has 4 rings (SSSR count). The van der Waals surface area contributed by atoms with Crippen LogP contribution in [0.2, 0.25) is 0 Å². The van der Waals surface area contributed by atoms with E-state index in [-0.39, 0.29) is 5.82 Å². The fourth-order valence-corrected chi connectivity index (χ4v) is 3.17. The summed E-state index contributed by atoms with van der Waals surface area (Å²) < 4.78 is 19.4. The lowest BCUT2D eigenvalue weighted by atomic mass is 10.2. The highest BCUT2D eigenvalue weighted by molar-refractivity contribution is 5.74. The number of ether oxygens (including phenoxy) is 1. The molecular weight excluding hydrogens is 357 g/mol. The Morgan fingerprint density at radius 2 is 1.64 bits per heavy atom. The Labute approximate surface area is 163 Å². The van der Waals surface area contributed by atoms with Gasteiger partial charge in [0, 0.05) is 24.8 Å². The van der Waals surface area contributed by atoms with Gasteiger partial charge >= 0.3 is 0 Å². The van der Waals surface area contributed by atoms with Crippen LogP contribution < -0.4 is 15.5 Å². The first-order valence-electron chi connectivity index (χ1n) is 9.25. The van der Waals surface area contributed by atoms with Gasteiger partial charge in [-0.15, -0.1) is 0 Å². The molecule has 0 atom stereocenters. The monoisotopic (exact) mass is 379 g/mol. The second-order valence-electron chi connectivity index (χ2n) is 6.56. The average Bonchev–Trinajstić information content (AvgIpc) is 2.70. The number of hydrogen-bond acceptors (Lipinski definition) is 6. The average molecular weight is 379 g/mol. The molecule has 2 heterocycles. The van der Waals surface area contributed by atoms with E-state index in [1.807, 2.05) is 31.2 Å². The topological polar surface area (TPSA) is 62.3 Å². The van der Waals surface area contributed by atoms with Crippen molar-refractivity contribution in [2.75, 3.05) is 41.8 Å². The normalized spacial score (nSPS) is 14.0. The Hall–Kier alpha value is -3.19. The largest absolute Gasteiger partial charge is 0.378 e. The number of rotatable bonds is 5. The second kappa shape index (κ2) is 8.22. The predicted octanol–water partition coefficient (Wildman–Crippen LogP) is 4.25. The lowest BCUT2D eigenvalue weighted by Gasteiger charge is -2.30. The van der Waals surface area contributed by atoms with Crippen LogP contribution in [0.1, 0.15) is 5.69 Å². The summed E-state index contributed by atoms with van der Waals surface area (Å²) in [4.78, 5) is 11.2. The van der Waals surface area contributed by atoms with Crippen molar-refractivity contribution in [2.45, 2.75) is 6.92 Å². The van der Waals surface area contributed by atoms with E-state index in [0.29, 0.717) is 17.5 Å². The molecule has 0 bridgehead atoms. The minimum atomic E-state index is -0.347. The number of benzene rings is 2. The van der Waals surface area contributed by atoms with Gasteiger partial charge in [-0.1, -0.05) is 24.3 Å². The van der Waals surface area contributed by atoms with Crippen molar-refractivity contribution < 1.29 is 9.13 Å². The summed E-state index contributed by atoms with van der Waals surface area (Å²) in [5, 5.41) is 6.34. The summed E-state index contributed by atoms with van der Waals surface area (Å²) in [5.41, 5.74) is 3.18. The van der Waals surface area contributed by atoms with Gasteiger partial charge < -0.3 is 20.3 Å². The molecule has 144 valence electrons. The van der Waals surface area contributed by atoms with Crippen molar-refractivity contribution in [3.05, 3.63) is 66.1 Å². The molecule has 7 heteroatoms. The van der Waals surface area contributed by atoms with Crippen molar-refractivity contribution in [3.8, 4) is 0 Å². The molecule has 1 aliphatic rings. The van der Waals surface area contributed by atoms with Crippen molar-refractivity contribution in [3.63, 3.8) is 0 Å². The van der Waals surface area contributed by atoms with E-state index in [1.165, 1.54) is 6.07 Å². The van der Waals surface area contributed by atoms with Gasteiger partial charge in [-0.25, -0.2) is 9.37 Å². The number of anilines is 5. The third-order valence-electron chi connectivity index (χ3n) is 4.49. The van der Waals surface area contributed by atoms with Crippen LogP contribution in [0, 0.1) is 12.7 Å². The summed E-state index contributed by atoms with van der Waals surface area (Å²) in [6, 6.07) is 16.4. The van der Waals surface area contributed by atoms with Gasteiger partial charge in [-0.05, 0) is 31.2 Å². The van der Waals surface area contributed by atoms with Gasteiger partial charge in [0.2, 0.25) is 5.95 Å². The van der Waals surface area contributed by atoms with Crippen LogP contribution in [-0.2, 0) is 4.74 Å². The zero-order valence-corrected chi connectivity index (χ0v) is 15.7. The fourth-order valence-electron chi connectivity index (χ4n) is 3.17. The molecule has 0 saturated carbocycles. The Kier molecular flexibility index (Phi) is 5.34. The highest BCUT2D eigenvalue weighted by atomic mass is 19.1. The summed E-state index contributed by atoms with van der Waals surface area (Å²) in [5.74, 6) is 0.642. The molecule has 1 aromatic heterocycles. The number of aromatic nitrogens is 2. The molecule has 0 radical (unpaired) electrons. The molecule has 1 aliphatic heterocycles. The summed E-state index contributed by atoms with van der Waals surface area (Å²) >= 11 is 0. The number of morpholine rings is 1. The molecule has 1 saturated heterocycles. The van der Waals surface area contributed by atoms with Crippen LogP contribution in [0.5, 0.6) is 0 Å².